The van der Waals surface area contributed by atoms with Crippen LogP contribution < -0.4 is 21.2 Å². The third-order valence-electron chi connectivity index (χ3n) is 7.17. The molecule has 10 nitrogen and oxygen atoms in total. The van der Waals surface area contributed by atoms with Crippen LogP contribution in [0.5, 0.6) is 11.8 Å². The van der Waals surface area contributed by atoms with E-state index in [1.165, 1.54) is 4.57 Å². The van der Waals surface area contributed by atoms with Crippen LogP contribution in [0.2, 0.25) is 0 Å². The molecule has 2 amide bonds. The number of carboxylic acids is 1. The van der Waals surface area contributed by atoms with Gasteiger partial charge in [-0.05, 0) is 80.1 Å². The lowest BCUT2D eigenvalue weighted by Crippen LogP contribution is -2.23. The Balaban J connectivity index is 1.23. The number of rotatable bonds is 9. The van der Waals surface area contributed by atoms with E-state index in [-0.39, 0.29) is 38.8 Å². The van der Waals surface area contributed by atoms with Crippen molar-refractivity contribution in [2.24, 2.45) is 9.98 Å². The van der Waals surface area contributed by atoms with E-state index in [2.05, 4.69) is 41.8 Å². The maximum atomic E-state index is 12.8. The molecule has 0 saturated heterocycles. The van der Waals surface area contributed by atoms with E-state index in [9.17, 15) is 29.7 Å². The summed E-state index contributed by atoms with van der Waals surface area (Å²) in [6.45, 7) is 0.267. The van der Waals surface area contributed by atoms with Crippen LogP contribution in [-0.2, 0) is 20.9 Å². The summed E-state index contributed by atoms with van der Waals surface area (Å²) in [4.78, 5) is 46.4. The van der Waals surface area contributed by atoms with E-state index in [0.717, 1.165) is 36.2 Å². The van der Waals surface area contributed by atoms with Gasteiger partial charge in [-0.1, -0.05) is 31.9 Å². The fraction of sp³-hybridized carbons (Fsp3) is 0.179. The number of aliphatic carboxylic acids is 1. The minimum Gasteiger partial charge on any atom is -0.493 e. The van der Waals surface area contributed by atoms with Gasteiger partial charge in [-0.15, -0.1) is 22.7 Å². The molecular weight excluding hydrogens is 776 g/mol. The van der Waals surface area contributed by atoms with Gasteiger partial charge < -0.3 is 15.3 Å². The van der Waals surface area contributed by atoms with Crippen molar-refractivity contribution in [3.05, 3.63) is 84.2 Å². The number of aromatic hydroxyl groups is 2. The first-order valence-electron chi connectivity index (χ1n) is 12.9. The van der Waals surface area contributed by atoms with Crippen molar-refractivity contribution in [3.63, 3.8) is 0 Å². The lowest BCUT2D eigenvalue weighted by Gasteiger charge is -2.15. The molecule has 1 unspecified atom stereocenters. The lowest BCUT2D eigenvalue weighted by molar-refractivity contribution is -0.141. The molecule has 0 bridgehead atoms. The van der Waals surface area contributed by atoms with Gasteiger partial charge in [0.1, 0.15) is 15.8 Å². The minimum absolute atomic E-state index is 0.102. The Kier molecular flexibility index (Phi) is 8.40. The Morgan fingerprint density at radius 2 is 1.36 bits per heavy atom. The molecule has 0 aliphatic carbocycles. The monoisotopic (exact) mass is 792 g/mol. The first kappa shape index (κ1) is 30.9. The molecule has 2 aromatic carbocycles. The molecule has 2 aromatic heterocycles. The van der Waals surface area contributed by atoms with Crippen molar-refractivity contribution in [2.45, 2.75) is 31.8 Å². The molecule has 6 rings (SSSR count). The summed E-state index contributed by atoms with van der Waals surface area (Å²) >= 11 is 19.8. The number of carbonyl (C=O) groups excluding carboxylic acids is 2. The zero-order chi connectivity index (χ0) is 31.4. The van der Waals surface area contributed by atoms with Crippen molar-refractivity contribution in [2.75, 3.05) is 0 Å². The number of aromatic nitrogens is 2. The highest BCUT2D eigenvalue weighted by molar-refractivity contribution is 9.10. The smallest absolute Gasteiger partial charge is 0.326 e. The summed E-state index contributed by atoms with van der Waals surface area (Å²) in [5, 5.41) is 34.3. The standard InChI is InChI=1S/C28H18Br2N4O6S4/c29-11-4-6-15-13(9-11)18(22(35)31-15)20-24(37)33(27(41)43-20)8-2-1-3-17(26(39)40)34-25(38)21(44-28(34)42)19-14-10-12(30)5-7-16(14)32-23(19)36/h4-7,9-10,17,37-38H,1-3,8H2,(H,39,40). The molecule has 0 saturated carbocycles. The summed E-state index contributed by atoms with van der Waals surface area (Å²) < 4.78 is 4.60. The van der Waals surface area contributed by atoms with Gasteiger partial charge in [-0.25, -0.2) is 14.8 Å². The number of thiazole rings is 2. The Bertz CT molecular complexity index is 2320. The number of amides is 2. The highest BCUT2D eigenvalue weighted by Gasteiger charge is 2.30. The van der Waals surface area contributed by atoms with E-state index >= 15 is 0 Å². The first-order valence-corrected chi connectivity index (χ1v) is 17.0. The van der Waals surface area contributed by atoms with Gasteiger partial charge in [0.25, 0.3) is 11.8 Å². The Hall–Kier alpha value is -3.15. The van der Waals surface area contributed by atoms with Gasteiger partial charge in [0.05, 0.1) is 21.9 Å². The van der Waals surface area contributed by atoms with E-state index in [1.807, 2.05) is 0 Å². The molecule has 16 heteroatoms. The van der Waals surface area contributed by atoms with Crippen molar-refractivity contribution in [1.29, 1.82) is 0 Å². The molecule has 224 valence electrons. The third-order valence-corrected chi connectivity index (χ3v) is 11.0. The van der Waals surface area contributed by atoms with Gasteiger partial charge in [0.2, 0.25) is 11.8 Å². The maximum Gasteiger partial charge on any atom is 0.326 e. The molecular formula is C28H18Br2N4O6S4. The molecule has 4 heterocycles. The third kappa shape index (κ3) is 5.37. The van der Waals surface area contributed by atoms with E-state index in [1.54, 1.807) is 36.4 Å². The zero-order valence-corrected chi connectivity index (χ0v) is 28.6. The van der Waals surface area contributed by atoms with Gasteiger partial charge >= 0.3 is 5.97 Å². The molecule has 4 aromatic rings. The fourth-order valence-electron chi connectivity index (χ4n) is 5.16. The van der Waals surface area contributed by atoms with Gasteiger partial charge in [-0.2, -0.15) is 0 Å². The van der Waals surface area contributed by atoms with Gasteiger partial charge in [0.15, 0.2) is 7.91 Å². The molecule has 0 spiro atoms. The number of unbranched alkanes of at least 4 members (excludes halogenated alkanes) is 1. The van der Waals surface area contributed by atoms with Crippen LogP contribution >= 0.6 is 79.0 Å². The molecule has 2 aliphatic heterocycles. The molecule has 3 N–H and O–H groups in total. The molecule has 1 atom stereocenters. The number of halogens is 2. The van der Waals surface area contributed by atoms with Crippen LogP contribution in [0, 0.1) is 7.91 Å². The van der Waals surface area contributed by atoms with Crippen LogP contribution in [0.4, 0.5) is 0 Å². The topological polar surface area (TPSA) is 146 Å². The Morgan fingerprint density at radius 1 is 0.841 bits per heavy atom. The Morgan fingerprint density at radius 3 is 1.91 bits per heavy atom. The second-order valence-electron chi connectivity index (χ2n) is 9.82. The van der Waals surface area contributed by atoms with Crippen molar-refractivity contribution < 1.29 is 29.7 Å². The van der Waals surface area contributed by atoms with E-state index < -0.39 is 29.7 Å². The maximum absolute atomic E-state index is 12.8. The number of nitrogens with zero attached hydrogens (tertiary/aromatic N) is 4. The van der Waals surface area contributed by atoms with Crippen molar-refractivity contribution in [3.8, 4) is 11.8 Å². The summed E-state index contributed by atoms with van der Waals surface area (Å²) in [5.74, 6) is -2.76. The number of hydrogen-bond donors (Lipinski definition) is 3. The molecule has 0 radical (unpaired) electrons. The average Bonchev–Trinajstić information content (AvgIpc) is 3.64. The predicted molar refractivity (Wildman–Crippen MR) is 175 cm³/mol. The summed E-state index contributed by atoms with van der Waals surface area (Å²) in [6.07, 6.45) is 0.903. The van der Waals surface area contributed by atoms with Crippen LogP contribution in [0.1, 0.15) is 35.1 Å². The highest BCUT2D eigenvalue weighted by Crippen LogP contribution is 2.37. The Labute approximate surface area is 282 Å². The number of carbonyl (C=O) groups is 3. The number of hydrogen-bond acceptors (Lipinski definition) is 9. The normalized spacial score (nSPS) is 14.4. The van der Waals surface area contributed by atoms with Crippen LogP contribution in [0.3, 0.4) is 0 Å². The highest BCUT2D eigenvalue weighted by atomic mass is 79.9. The van der Waals surface area contributed by atoms with Gasteiger partial charge in [0, 0.05) is 25.9 Å². The van der Waals surface area contributed by atoms with E-state index in [4.69, 9.17) is 24.4 Å². The first-order chi connectivity index (χ1) is 21.0. The predicted octanol–water partition coefficient (Wildman–Crippen LogP) is 4.02. The fourth-order valence-corrected chi connectivity index (χ4v) is 8.71. The summed E-state index contributed by atoms with van der Waals surface area (Å²) in [6, 6.07) is 9.19. The minimum atomic E-state index is -1.20. The second-order valence-corrected chi connectivity index (χ2v) is 14.9. The number of fused-ring (bicyclic) bond motifs is 2. The van der Waals surface area contributed by atoms with Crippen LogP contribution in [0.15, 0.2) is 55.3 Å². The van der Waals surface area contributed by atoms with Crippen LogP contribution in [-0.4, -0.2) is 42.2 Å². The summed E-state index contributed by atoms with van der Waals surface area (Å²) in [5.41, 5.74) is 0.441. The summed E-state index contributed by atoms with van der Waals surface area (Å²) in [7, 11) is 0. The zero-order valence-electron chi connectivity index (χ0n) is 22.1. The quantitative estimate of drug-likeness (QED) is 0.170. The van der Waals surface area contributed by atoms with Crippen molar-refractivity contribution in [1.82, 2.24) is 9.13 Å². The molecule has 44 heavy (non-hydrogen) atoms. The van der Waals surface area contributed by atoms with Crippen LogP contribution in [0.25, 0.3) is 11.1 Å². The molecule has 2 aliphatic rings. The molecule has 0 fully saturated rings. The van der Waals surface area contributed by atoms with Crippen molar-refractivity contribution >= 4 is 108 Å². The number of carboxylic acid groups (broad SMARTS) is 1. The number of benzene rings is 2. The second kappa shape index (κ2) is 12.0. The SMILES string of the molecule is O=C1N=c2ccc(Br)cc2=C1c1sc(=S)n(CCCCC(C(=O)O)n2c(O)c(C3=c4cc(Br)ccc4=NC3=O)sc2=S)c1O. The largest absolute Gasteiger partial charge is 0.493 e. The van der Waals surface area contributed by atoms with Gasteiger partial charge in [-0.3, -0.25) is 18.7 Å². The lowest BCUT2D eigenvalue weighted by atomic mass is 10.1. The van der Waals surface area contributed by atoms with E-state index in [0.29, 0.717) is 42.8 Å². The average molecular weight is 795 g/mol.